The maximum absolute atomic E-state index is 10.4. The average molecular weight is 187 g/mol. The van der Waals surface area contributed by atoms with E-state index in [1.165, 1.54) is 11.8 Å². The lowest BCUT2D eigenvalue weighted by Crippen LogP contribution is -2.11. The van der Waals surface area contributed by atoms with Crippen molar-refractivity contribution < 1.29 is 14.4 Å². The molecule has 1 heterocycles. The summed E-state index contributed by atoms with van der Waals surface area (Å²) < 4.78 is 4.80. The fourth-order valence-electron chi connectivity index (χ4n) is 0.595. The summed E-state index contributed by atoms with van der Waals surface area (Å²) in [6.45, 7) is 1.64. The third-order valence-electron chi connectivity index (χ3n) is 1.31. The number of carboxylic acids is 1. The summed E-state index contributed by atoms with van der Waals surface area (Å²) in [5.41, 5.74) is 0. The molecule has 0 aliphatic rings. The highest BCUT2D eigenvalue weighted by atomic mass is 32.2. The molecule has 1 N–H and O–H groups in total. The maximum Gasteiger partial charge on any atom is 0.316 e. The van der Waals surface area contributed by atoms with Gasteiger partial charge in [0.05, 0.1) is 17.2 Å². The molecular formula is C7H9NO3S. The van der Waals surface area contributed by atoms with Crippen molar-refractivity contribution in [2.45, 2.75) is 17.9 Å². The van der Waals surface area contributed by atoms with E-state index in [0.29, 0.717) is 11.5 Å². The van der Waals surface area contributed by atoms with Crippen LogP contribution in [-0.4, -0.2) is 21.5 Å². The number of carboxylic acid groups (broad SMARTS) is 1. The van der Waals surface area contributed by atoms with Crippen LogP contribution < -0.4 is 0 Å². The van der Waals surface area contributed by atoms with Crippen molar-refractivity contribution in [3.8, 4) is 0 Å². The largest absolute Gasteiger partial charge is 0.480 e. The topological polar surface area (TPSA) is 63.3 Å². The SMILES string of the molecule is CC(SCc1ccno1)C(=O)O. The molecule has 0 spiro atoms. The minimum atomic E-state index is -0.806. The van der Waals surface area contributed by atoms with E-state index in [9.17, 15) is 4.79 Å². The second-order valence-electron chi connectivity index (χ2n) is 2.27. The van der Waals surface area contributed by atoms with Crippen LogP contribution in [0.15, 0.2) is 16.8 Å². The number of thioether (sulfide) groups is 1. The molecule has 1 aromatic heterocycles. The van der Waals surface area contributed by atoms with Crippen LogP contribution >= 0.6 is 11.8 Å². The number of hydrogen-bond donors (Lipinski definition) is 1. The molecule has 12 heavy (non-hydrogen) atoms. The third-order valence-corrected chi connectivity index (χ3v) is 2.47. The Labute approximate surface area is 73.9 Å². The zero-order valence-corrected chi connectivity index (χ0v) is 7.37. The standard InChI is InChI=1S/C7H9NO3S/c1-5(7(9)10)12-4-6-2-3-8-11-6/h2-3,5H,4H2,1H3,(H,9,10). The molecule has 1 aromatic rings. The van der Waals surface area contributed by atoms with Gasteiger partial charge in [-0.3, -0.25) is 4.79 Å². The van der Waals surface area contributed by atoms with E-state index in [2.05, 4.69) is 5.16 Å². The smallest absolute Gasteiger partial charge is 0.316 e. The monoisotopic (exact) mass is 187 g/mol. The van der Waals surface area contributed by atoms with E-state index in [1.807, 2.05) is 0 Å². The van der Waals surface area contributed by atoms with Crippen molar-refractivity contribution in [1.29, 1.82) is 0 Å². The number of rotatable bonds is 4. The van der Waals surface area contributed by atoms with Gasteiger partial charge >= 0.3 is 5.97 Å². The van der Waals surface area contributed by atoms with Crippen LogP contribution in [0.2, 0.25) is 0 Å². The number of aromatic nitrogens is 1. The summed E-state index contributed by atoms with van der Waals surface area (Å²) in [7, 11) is 0. The van der Waals surface area contributed by atoms with Gasteiger partial charge in [0, 0.05) is 6.07 Å². The van der Waals surface area contributed by atoms with Gasteiger partial charge in [0.15, 0.2) is 0 Å². The van der Waals surface area contributed by atoms with Crippen LogP contribution in [0, 0.1) is 0 Å². The Balaban J connectivity index is 2.31. The summed E-state index contributed by atoms with van der Waals surface area (Å²) in [6, 6.07) is 1.72. The predicted molar refractivity (Wildman–Crippen MR) is 44.9 cm³/mol. The van der Waals surface area contributed by atoms with Crippen LogP contribution in [0.25, 0.3) is 0 Å². The van der Waals surface area contributed by atoms with E-state index < -0.39 is 11.2 Å². The van der Waals surface area contributed by atoms with Gasteiger partial charge in [0.1, 0.15) is 5.76 Å². The number of nitrogens with zero attached hydrogens (tertiary/aromatic N) is 1. The van der Waals surface area contributed by atoms with E-state index >= 15 is 0 Å². The normalized spacial score (nSPS) is 12.8. The van der Waals surface area contributed by atoms with Gasteiger partial charge in [-0.25, -0.2) is 0 Å². The van der Waals surface area contributed by atoms with E-state index in [1.54, 1.807) is 19.2 Å². The molecule has 0 radical (unpaired) electrons. The first-order valence-electron chi connectivity index (χ1n) is 3.44. The molecule has 0 aliphatic carbocycles. The molecule has 0 aliphatic heterocycles. The van der Waals surface area contributed by atoms with Crippen molar-refractivity contribution in [2.75, 3.05) is 0 Å². The quantitative estimate of drug-likeness (QED) is 0.771. The molecule has 0 aromatic carbocycles. The highest BCUT2D eigenvalue weighted by molar-refractivity contribution is 7.99. The fourth-order valence-corrected chi connectivity index (χ4v) is 1.30. The van der Waals surface area contributed by atoms with Crippen LogP contribution in [0.4, 0.5) is 0 Å². The van der Waals surface area contributed by atoms with Crippen LogP contribution in [0.3, 0.4) is 0 Å². The van der Waals surface area contributed by atoms with Gasteiger partial charge in [-0.2, -0.15) is 0 Å². The van der Waals surface area contributed by atoms with Gasteiger partial charge in [0.25, 0.3) is 0 Å². The van der Waals surface area contributed by atoms with Gasteiger partial charge in [-0.15, -0.1) is 11.8 Å². The van der Waals surface area contributed by atoms with Crippen molar-refractivity contribution in [2.24, 2.45) is 0 Å². The Morgan fingerprint density at radius 1 is 1.92 bits per heavy atom. The molecule has 0 amide bonds. The summed E-state index contributed by atoms with van der Waals surface area (Å²) in [5, 5.41) is 11.6. The van der Waals surface area contributed by atoms with Crippen molar-refractivity contribution >= 4 is 17.7 Å². The molecule has 0 saturated heterocycles. The Hall–Kier alpha value is -0.970. The Bertz CT molecular complexity index is 247. The molecule has 1 rings (SSSR count). The van der Waals surface area contributed by atoms with Crippen LogP contribution in [0.5, 0.6) is 0 Å². The highest BCUT2D eigenvalue weighted by Gasteiger charge is 2.11. The Morgan fingerprint density at radius 3 is 3.17 bits per heavy atom. The predicted octanol–water partition coefficient (Wildman–Crippen LogP) is 1.38. The Morgan fingerprint density at radius 2 is 2.67 bits per heavy atom. The summed E-state index contributed by atoms with van der Waals surface area (Å²) >= 11 is 1.31. The molecular weight excluding hydrogens is 178 g/mol. The zero-order valence-electron chi connectivity index (χ0n) is 6.56. The van der Waals surface area contributed by atoms with Crippen molar-refractivity contribution in [1.82, 2.24) is 5.16 Å². The number of carbonyl (C=O) groups is 1. The lowest BCUT2D eigenvalue weighted by molar-refractivity contribution is -0.136. The molecule has 0 bridgehead atoms. The van der Waals surface area contributed by atoms with E-state index in [0.717, 1.165) is 0 Å². The summed E-state index contributed by atoms with van der Waals surface area (Å²) in [6.07, 6.45) is 1.54. The summed E-state index contributed by atoms with van der Waals surface area (Å²) in [5.74, 6) is 0.445. The van der Waals surface area contributed by atoms with Crippen LogP contribution in [-0.2, 0) is 10.5 Å². The number of aliphatic carboxylic acids is 1. The van der Waals surface area contributed by atoms with Gasteiger partial charge in [-0.05, 0) is 6.92 Å². The van der Waals surface area contributed by atoms with E-state index in [-0.39, 0.29) is 0 Å². The third kappa shape index (κ3) is 2.58. The van der Waals surface area contributed by atoms with E-state index in [4.69, 9.17) is 9.63 Å². The van der Waals surface area contributed by atoms with Gasteiger partial charge < -0.3 is 9.63 Å². The first kappa shape index (κ1) is 9.12. The first-order valence-corrected chi connectivity index (χ1v) is 4.49. The van der Waals surface area contributed by atoms with Gasteiger partial charge in [-0.1, -0.05) is 5.16 Å². The second-order valence-corrected chi connectivity index (χ2v) is 3.60. The molecule has 5 heteroatoms. The molecule has 0 saturated carbocycles. The molecule has 4 nitrogen and oxygen atoms in total. The highest BCUT2D eigenvalue weighted by Crippen LogP contribution is 2.16. The molecule has 1 atom stereocenters. The first-order chi connectivity index (χ1) is 5.70. The molecule has 66 valence electrons. The van der Waals surface area contributed by atoms with Crippen molar-refractivity contribution in [3.05, 3.63) is 18.0 Å². The average Bonchev–Trinajstić information content (AvgIpc) is 2.51. The number of hydrogen-bond acceptors (Lipinski definition) is 4. The Kier molecular flexibility index (Phi) is 3.16. The molecule has 1 unspecified atom stereocenters. The fraction of sp³-hybridized carbons (Fsp3) is 0.429. The minimum Gasteiger partial charge on any atom is -0.480 e. The second kappa shape index (κ2) is 4.15. The minimum absolute atomic E-state index is 0.407. The zero-order chi connectivity index (χ0) is 8.97. The molecule has 0 fully saturated rings. The maximum atomic E-state index is 10.4. The van der Waals surface area contributed by atoms with Crippen LogP contribution in [0.1, 0.15) is 12.7 Å². The van der Waals surface area contributed by atoms with Crippen molar-refractivity contribution in [3.63, 3.8) is 0 Å². The lowest BCUT2D eigenvalue weighted by Gasteiger charge is -2.02. The summed E-state index contributed by atoms with van der Waals surface area (Å²) in [4.78, 5) is 10.4. The van der Waals surface area contributed by atoms with Gasteiger partial charge in [0.2, 0.25) is 0 Å². The lowest BCUT2D eigenvalue weighted by atomic mass is 10.5.